The van der Waals surface area contributed by atoms with Gasteiger partial charge in [-0.2, -0.15) is 0 Å². The fourth-order valence-corrected chi connectivity index (χ4v) is 2.89. The molecule has 1 unspecified atom stereocenters. The molecule has 1 aliphatic rings. The maximum atomic E-state index is 13.7. The second-order valence-corrected chi connectivity index (χ2v) is 5.45. The predicted molar refractivity (Wildman–Crippen MR) is 73.6 cm³/mol. The molecule has 0 spiro atoms. The van der Waals surface area contributed by atoms with Gasteiger partial charge < -0.3 is 15.1 Å². The summed E-state index contributed by atoms with van der Waals surface area (Å²) >= 11 is 0. The lowest BCUT2D eigenvalue weighted by Gasteiger charge is -2.24. The van der Waals surface area contributed by atoms with E-state index in [2.05, 4.69) is 0 Å². The van der Waals surface area contributed by atoms with Gasteiger partial charge >= 0.3 is 5.97 Å². The maximum absolute atomic E-state index is 13.7. The third-order valence-corrected chi connectivity index (χ3v) is 4.03. The topological polar surface area (TPSA) is 77.8 Å². The molecule has 0 radical (unpaired) electrons. The van der Waals surface area contributed by atoms with E-state index < -0.39 is 34.4 Å². The normalized spacial score (nSPS) is 21.5. The Kier molecular flexibility index (Phi) is 4.16. The number of carbonyl (C=O) groups is 2. The van der Waals surface area contributed by atoms with Crippen LogP contribution < -0.4 is 0 Å². The van der Waals surface area contributed by atoms with Crippen molar-refractivity contribution in [3.05, 3.63) is 29.6 Å². The molecule has 2 N–H and O–H groups in total. The van der Waals surface area contributed by atoms with Crippen molar-refractivity contribution >= 4 is 11.9 Å². The van der Waals surface area contributed by atoms with Gasteiger partial charge in [-0.1, -0.05) is 19.4 Å². The summed E-state index contributed by atoms with van der Waals surface area (Å²) in [5, 5.41) is 19.1. The van der Waals surface area contributed by atoms with Crippen LogP contribution in [0.4, 0.5) is 4.39 Å². The van der Waals surface area contributed by atoms with Gasteiger partial charge in [-0.05, 0) is 25.0 Å². The molecule has 1 saturated heterocycles. The minimum Gasteiger partial charge on any atom is -0.507 e. The molecule has 0 aliphatic carbocycles. The molecule has 114 valence electrons. The SMILES string of the molecule is CCCC1(C(=O)O)CCN(C(=O)c2c(O)cccc2F)C1. The fourth-order valence-electron chi connectivity index (χ4n) is 2.89. The lowest BCUT2D eigenvalue weighted by atomic mass is 9.83. The van der Waals surface area contributed by atoms with Crippen molar-refractivity contribution in [1.29, 1.82) is 0 Å². The first kappa shape index (κ1) is 15.3. The minimum absolute atomic E-state index is 0.0444. The van der Waals surface area contributed by atoms with Crippen molar-refractivity contribution in [3.63, 3.8) is 0 Å². The van der Waals surface area contributed by atoms with Crippen LogP contribution in [-0.4, -0.2) is 40.1 Å². The van der Waals surface area contributed by atoms with Crippen LogP contribution in [0.25, 0.3) is 0 Å². The van der Waals surface area contributed by atoms with E-state index in [0.29, 0.717) is 19.3 Å². The van der Waals surface area contributed by atoms with Crippen molar-refractivity contribution in [2.75, 3.05) is 13.1 Å². The summed E-state index contributed by atoms with van der Waals surface area (Å²) < 4.78 is 13.7. The fraction of sp³-hybridized carbons (Fsp3) is 0.467. The summed E-state index contributed by atoms with van der Waals surface area (Å²) in [6, 6.07) is 3.65. The third-order valence-electron chi connectivity index (χ3n) is 4.03. The van der Waals surface area contributed by atoms with Crippen LogP contribution in [0.5, 0.6) is 5.75 Å². The maximum Gasteiger partial charge on any atom is 0.311 e. The highest BCUT2D eigenvalue weighted by atomic mass is 19.1. The number of amides is 1. The van der Waals surface area contributed by atoms with Crippen molar-refractivity contribution in [2.24, 2.45) is 5.41 Å². The van der Waals surface area contributed by atoms with Gasteiger partial charge in [0.2, 0.25) is 0 Å². The van der Waals surface area contributed by atoms with E-state index in [1.165, 1.54) is 17.0 Å². The number of phenolic OH excluding ortho intramolecular Hbond substituents is 1. The highest BCUT2D eigenvalue weighted by Gasteiger charge is 2.46. The van der Waals surface area contributed by atoms with Gasteiger partial charge in [-0.25, -0.2) is 4.39 Å². The first-order chi connectivity index (χ1) is 9.91. The molecule has 1 amide bonds. The summed E-state index contributed by atoms with van der Waals surface area (Å²) in [6.45, 7) is 2.18. The molecule has 5 nitrogen and oxygen atoms in total. The molecule has 1 atom stereocenters. The number of phenols is 1. The van der Waals surface area contributed by atoms with Gasteiger partial charge in [0.05, 0.1) is 5.41 Å². The van der Waals surface area contributed by atoms with Crippen molar-refractivity contribution in [2.45, 2.75) is 26.2 Å². The molecule has 0 bridgehead atoms. The monoisotopic (exact) mass is 295 g/mol. The number of rotatable bonds is 4. The summed E-state index contributed by atoms with van der Waals surface area (Å²) in [6.07, 6.45) is 1.51. The summed E-state index contributed by atoms with van der Waals surface area (Å²) in [5.41, 5.74) is -1.36. The predicted octanol–water partition coefficient (Wildman–Crippen LogP) is 2.25. The first-order valence-electron chi connectivity index (χ1n) is 6.91. The molecular formula is C15H18FNO4. The Bertz CT molecular complexity index is 555. The second-order valence-electron chi connectivity index (χ2n) is 5.45. The van der Waals surface area contributed by atoms with E-state index in [0.717, 1.165) is 6.07 Å². The van der Waals surface area contributed by atoms with Crippen molar-refractivity contribution < 1.29 is 24.2 Å². The highest BCUT2D eigenvalue weighted by Crippen LogP contribution is 2.37. The van der Waals surface area contributed by atoms with E-state index >= 15 is 0 Å². The zero-order valence-electron chi connectivity index (χ0n) is 11.8. The molecule has 1 heterocycles. The minimum atomic E-state index is -0.967. The van der Waals surface area contributed by atoms with Gasteiger partial charge in [0.1, 0.15) is 17.1 Å². The highest BCUT2D eigenvalue weighted by molar-refractivity contribution is 5.97. The number of halogens is 1. The molecule has 1 aromatic rings. The molecule has 1 fully saturated rings. The third kappa shape index (κ3) is 2.70. The van der Waals surface area contributed by atoms with E-state index in [1.54, 1.807) is 0 Å². The zero-order valence-corrected chi connectivity index (χ0v) is 11.8. The Morgan fingerprint density at radius 3 is 2.71 bits per heavy atom. The van der Waals surface area contributed by atoms with Gasteiger partial charge in [0.25, 0.3) is 5.91 Å². The standard InChI is InChI=1S/C15H18FNO4/c1-2-6-15(14(20)21)7-8-17(9-15)13(19)12-10(16)4-3-5-11(12)18/h3-5,18H,2,6-9H2,1H3,(H,20,21). The second kappa shape index (κ2) is 5.71. The number of aromatic hydroxyl groups is 1. The lowest BCUT2D eigenvalue weighted by Crippen LogP contribution is -2.37. The van der Waals surface area contributed by atoms with E-state index in [9.17, 15) is 24.2 Å². The summed E-state index contributed by atoms with van der Waals surface area (Å²) in [5.74, 6) is -2.83. The Morgan fingerprint density at radius 1 is 1.43 bits per heavy atom. The number of likely N-dealkylation sites (tertiary alicyclic amines) is 1. The van der Waals surface area contributed by atoms with Crippen LogP contribution in [0.15, 0.2) is 18.2 Å². The number of carboxylic acid groups (broad SMARTS) is 1. The number of carboxylic acids is 1. The quantitative estimate of drug-likeness (QED) is 0.893. The number of nitrogens with zero attached hydrogens (tertiary/aromatic N) is 1. The van der Waals surface area contributed by atoms with Crippen LogP contribution in [0.2, 0.25) is 0 Å². The number of benzene rings is 1. The molecule has 0 saturated carbocycles. The molecule has 6 heteroatoms. The van der Waals surface area contributed by atoms with Gasteiger partial charge in [-0.3, -0.25) is 9.59 Å². The first-order valence-corrected chi connectivity index (χ1v) is 6.91. The summed E-state index contributed by atoms with van der Waals surface area (Å²) in [4.78, 5) is 25.1. The number of hydrogen-bond acceptors (Lipinski definition) is 3. The molecule has 1 aliphatic heterocycles. The van der Waals surface area contributed by atoms with Crippen molar-refractivity contribution in [3.8, 4) is 5.75 Å². The molecule has 21 heavy (non-hydrogen) atoms. The van der Waals surface area contributed by atoms with Crippen LogP contribution in [-0.2, 0) is 4.79 Å². The number of aliphatic carboxylic acids is 1. The Labute approximate surface area is 122 Å². The van der Waals surface area contributed by atoms with Gasteiger partial charge in [0, 0.05) is 13.1 Å². The molecule has 0 aromatic heterocycles. The average Bonchev–Trinajstić information content (AvgIpc) is 2.84. The molecule has 1 aromatic carbocycles. The van der Waals surface area contributed by atoms with Crippen LogP contribution >= 0.6 is 0 Å². The van der Waals surface area contributed by atoms with Gasteiger partial charge in [-0.15, -0.1) is 0 Å². The van der Waals surface area contributed by atoms with Crippen LogP contribution in [0.3, 0.4) is 0 Å². The summed E-state index contributed by atoms with van der Waals surface area (Å²) in [7, 11) is 0. The van der Waals surface area contributed by atoms with E-state index in [1.807, 2.05) is 6.92 Å². The molecular weight excluding hydrogens is 277 g/mol. The Balaban J connectivity index is 2.25. The Morgan fingerprint density at radius 2 is 2.14 bits per heavy atom. The lowest BCUT2D eigenvalue weighted by molar-refractivity contribution is -0.148. The zero-order chi connectivity index (χ0) is 15.6. The van der Waals surface area contributed by atoms with Crippen LogP contribution in [0.1, 0.15) is 36.5 Å². The smallest absolute Gasteiger partial charge is 0.311 e. The number of hydrogen-bond donors (Lipinski definition) is 2. The molecule has 2 rings (SSSR count). The average molecular weight is 295 g/mol. The number of carbonyl (C=O) groups excluding carboxylic acids is 1. The van der Waals surface area contributed by atoms with E-state index in [-0.39, 0.29) is 13.1 Å². The Hall–Kier alpha value is -2.11. The van der Waals surface area contributed by atoms with Crippen molar-refractivity contribution in [1.82, 2.24) is 4.90 Å². The van der Waals surface area contributed by atoms with Gasteiger partial charge in [0.15, 0.2) is 0 Å². The van der Waals surface area contributed by atoms with Crippen LogP contribution in [0, 0.1) is 11.2 Å². The van der Waals surface area contributed by atoms with E-state index in [4.69, 9.17) is 0 Å². The largest absolute Gasteiger partial charge is 0.507 e.